The SMILES string of the molecule is Cc1cc(Nc2c(C)cc(Nc3ccccc3)c3c2C(=O)c2ccccc2C3=O)c2c(c1N)C(=O)c1ccccc1C2=O. The highest BCUT2D eigenvalue weighted by atomic mass is 16.1. The summed E-state index contributed by atoms with van der Waals surface area (Å²) in [4.78, 5) is 55.6. The Labute approximate surface area is 247 Å². The van der Waals surface area contributed by atoms with Gasteiger partial charge in [-0.25, -0.2) is 0 Å². The van der Waals surface area contributed by atoms with Gasteiger partial charge in [0.15, 0.2) is 23.1 Å². The van der Waals surface area contributed by atoms with E-state index in [1.54, 1.807) is 61.5 Å². The number of carbonyl (C=O) groups is 4. The zero-order chi connectivity index (χ0) is 30.0. The lowest BCUT2D eigenvalue weighted by Gasteiger charge is -2.27. The Kier molecular flexibility index (Phi) is 5.85. The molecule has 0 aliphatic heterocycles. The summed E-state index contributed by atoms with van der Waals surface area (Å²) < 4.78 is 0. The zero-order valence-corrected chi connectivity index (χ0v) is 23.4. The Balaban J connectivity index is 1.46. The maximum absolute atomic E-state index is 14.2. The van der Waals surface area contributed by atoms with Crippen LogP contribution in [0.1, 0.15) is 74.8 Å². The lowest BCUT2D eigenvalue weighted by molar-refractivity contribution is 0.0979. The second-order valence-electron chi connectivity index (χ2n) is 10.8. The van der Waals surface area contributed by atoms with Gasteiger partial charge in [0.2, 0.25) is 0 Å². The van der Waals surface area contributed by atoms with Crippen molar-refractivity contribution in [3.63, 3.8) is 0 Å². The fourth-order valence-corrected chi connectivity index (χ4v) is 6.05. The first kappa shape index (κ1) is 26.1. The number of para-hydroxylation sites is 1. The third-order valence-electron chi connectivity index (χ3n) is 8.15. The molecule has 2 aliphatic rings. The molecule has 0 heterocycles. The first-order chi connectivity index (χ1) is 20.8. The zero-order valence-electron chi connectivity index (χ0n) is 23.4. The summed E-state index contributed by atoms with van der Waals surface area (Å²) in [5.74, 6) is -1.29. The van der Waals surface area contributed by atoms with Crippen LogP contribution in [0.3, 0.4) is 0 Å². The largest absolute Gasteiger partial charge is 0.398 e. The number of rotatable bonds is 4. The number of anilines is 5. The van der Waals surface area contributed by atoms with Gasteiger partial charge in [-0.2, -0.15) is 0 Å². The Morgan fingerprint density at radius 3 is 1.47 bits per heavy atom. The number of hydrogen-bond acceptors (Lipinski definition) is 7. The van der Waals surface area contributed by atoms with E-state index in [4.69, 9.17) is 5.73 Å². The molecule has 43 heavy (non-hydrogen) atoms. The van der Waals surface area contributed by atoms with Crippen molar-refractivity contribution in [3.8, 4) is 0 Å². The average molecular weight is 564 g/mol. The minimum absolute atomic E-state index is 0.132. The Morgan fingerprint density at radius 2 is 0.907 bits per heavy atom. The second kappa shape index (κ2) is 9.63. The molecule has 7 nitrogen and oxygen atoms in total. The van der Waals surface area contributed by atoms with Crippen LogP contribution >= 0.6 is 0 Å². The van der Waals surface area contributed by atoms with Gasteiger partial charge in [0, 0.05) is 33.6 Å². The molecule has 7 rings (SSSR count). The van der Waals surface area contributed by atoms with Crippen LogP contribution in [-0.4, -0.2) is 23.1 Å². The number of fused-ring (bicyclic) bond motifs is 4. The molecular weight excluding hydrogens is 538 g/mol. The minimum atomic E-state index is -0.346. The van der Waals surface area contributed by atoms with Crippen LogP contribution in [0.25, 0.3) is 0 Å². The summed E-state index contributed by atoms with van der Waals surface area (Å²) in [7, 11) is 0. The van der Waals surface area contributed by atoms with Crippen LogP contribution in [0.5, 0.6) is 0 Å². The van der Waals surface area contributed by atoms with Crippen LogP contribution in [0.15, 0.2) is 91.0 Å². The molecule has 0 saturated carbocycles. The van der Waals surface area contributed by atoms with Crippen molar-refractivity contribution in [2.24, 2.45) is 0 Å². The first-order valence-corrected chi connectivity index (χ1v) is 13.8. The molecule has 4 N–H and O–H groups in total. The molecule has 208 valence electrons. The molecule has 7 heteroatoms. The number of aryl methyl sites for hydroxylation is 2. The third kappa shape index (κ3) is 3.89. The van der Waals surface area contributed by atoms with Crippen LogP contribution in [0, 0.1) is 13.8 Å². The van der Waals surface area contributed by atoms with Gasteiger partial charge >= 0.3 is 0 Å². The van der Waals surface area contributed by atoms with Crippen LogP contribution in [-0.2, 0) is 0 Å². The lowest BCUT2D eigenvalue weighted by atomic mass is 9.80. The van der Waals surface area contributed by atoms with Crippen LogP contribution in [0.4, 0.5) is 28.4 Å². The summed E-state index contributed by atoms with van der Waals surface area (Å²) in [5.41, 5.74) is 11.8. The van der Waals surface area contributed by atoms with E-state index in [9.17, 15) is 19.2 Å². The van der Waals surface area contributed by atoms with Crippen molar-refractivity contribution in [2.75, 3.05) is 16.4 Å². The molecular formula is C36H25N3O4. The number of nitrogens with two attached hydrogens (primary N) is 1. The molecule has 0 saturated heterocycles. The standard InChI is InChI=1S/C36H25N3O4/c1-18-16-26(27-29(31(18)37)35(42)23-14-8-6-12-21(23)33(27)40)39-32-19(2)17-25(38-20-10-4-3-5-11-20)28-30(32)36(43)24-15-9-7-13-22(24)34(28)41/h3-17,38-39H,37H2,1-2H3. The third-order valence-corrected chi connectivity index (χ3v) is 8.15. The van der Waals surface area contributed by atoms with E-state index in [-0.39, 0.29) is 56.6 Å². The molecule has 0 radical (unpaired) electrons. The van der Waals surface area contributed by atoms with Gasteiger partial charge in [-0.1, -0.05) is 66.7 Å². The lowest BCUT2D eigenvalue weighted by Crippen LogP contribution is -2.26. The second-order valence-corrected chi connectivity index (χ2v) is 10.8. The number of nitrogen functional groups attached to an aromatic ring is 1. The average Bonchev–Trinajstić information content (AvgIpc) is 3.02. The topological polar surface area (TPSA) is 118 Å². The van der Waals surface area contributed by atoms with E-state index in [2.05, 4.69) is 10.6 Å². The minimum Gasteiger partial charge on any atom is -0.398 e. The van der Waals surface area contributed by atoms with Crippen LogP contribution in [0.2, 0.25) is 0 Å². The molecule has 0 bridgehead atoms. The first-order valence-electron chi connectivity index (χ1n) is 13.8. The molecule has 0 unspecified atom stereocenters. The Morgan fingerprint density at radius 1 is 0.488 bits per heavy atom. The molecule has 5 aromatic carbocycles. The predicted octanol–water partition coefficient (Wildman–Crippen LogP) is 6.92. The maximum Gasteiger partial charge on any atom is 0.196 e. The molecule has 0 aromatic heterocycles. The van der Waals surface area contributed by atoms with E-state index in [1.807, 2.05) is 43.3 Å². The van der Waals surface area contributed by atoms with Crippen molar-refractivity contribution >= 4 is 51.6 Å². The highest BCUT2D eigenvalue weighted by Crippen LogP contribution is 2.43. The number of hydrogen-bond donors (Lipinski definition) is 3. The summed E-state index contributed by atoms with van der Waals surface area (Å²) in [6, 6.07) is 26.3. The summed E-state index contributed by atoms with van der Waals surface area (Å²) in [6.07, 6.45) is 0. The van der Waals surface area contributed by atoms with Gasteiger partial charge in [0.05, 0.1) is 39.3 Å². The maximum atomic E-state index is 14.2. The van der Waals surface area contributed by atoms with Crippen molar-refractivity contribution in [2.45, 2.75) is 13.8 Å². The van der Waals surface area contributed by atoms with Crippen molar-refractivity contribution < 1.29 is 19.2 Å². The number of ketones is 4. The quantitative estimate of drug-likeness (QED) is 0.199. The van der Waals surface area contributed by atoms with E-state index in [1.165, 1.54) is 0 Å². The van der Waals surface area contributed by atoms with Gasteiger partial charge in [-0.15, -0.1) is 0 Å². The van der Waals surface area contributed by atoms with Crippen LogP contribution < -0.4 is 16.4 Å². The molecule has 5 aromatic rings. The number of benzene rings is 5. The fourth-order valence-electron chi connectivity index (χ4n) is 6.05. The molecule has 0 amide bonds. The van der Waals surface area contributed by atoms with Gasteiger partial charge < -0.3 is 16.4 Å². The molecule has 0 fully saturated rings. The van der Waals surface area contributed by atoms with E-state index in [0.29, 0.717) is 44.9 Å². The van der Waals surface area contributed by atoms with Gasteiger partial charge in [0.25, 0.3) is 0 Å². The van der Waals surface area contributed by atoms with Gasteiger partial charge in [-0.05, 0) is 49.2 Å². The highest BCUT2D eigenvalue weighted by molar-refractivity contribution is 6.34. The monoisotopic (exact) mass is 563 g/mol. The van der Waals surface area contributed by atoms with Gasteiger partial charge in [-0.3, -0.25) is 19.2 Å². The van der Waals surface area contributed by atoms with E-state index < -0.39 is 0 Å². The molecule has 0 atom stereocenters. The Hall–Kier alpha value is -5.82. The summed E-state index contributed by atoms with van der Waals surface area (Å²) in [5, 5.41) is 6.64. The summed E-state index contributed by atoms with van der Waals surface area (Å²) >= 11 is 0. The van der Waals surface area contributed by atoms with Crippen molar-refractivity contribution in [1.82, 2.24) is 0 Å². The number of carbonyl (C=O) groups excluding carboxylic acids is 4. The Bertz CT molecular complexity index is 2080. The van der Waals surface area contributed by atoms with E-state index >= 15 is 0 Å². The summed E-state index contributed by atoms with van der Waals surface area (Å²) in [6.45, 7) is 3.59. The van der Waals surface area contributed by atoms with E-state index in [0.717, 1.165) is 5.69 Å². The molecule has 0 spiro atoms. The van der Waals surface area contributed by atoms with Crippen molar-refractivity contribution in [3.05, 3.63) is 147 Å². The smallest absolute Gasteiger partial charge is 0.196 e. The fraction of sp³-hybridized carbons (Fsp3) is 0.0556. The normalized spacial score (nSPS) is 13.2. The number of nitrogens with one attached hydrogen (secondary N) is 2. The highest BCUT2D eigenvalue weighted by Gasteiger charge is 2.37. The van der Waals surface area contributed by atoms with Gasteiger partial charge in [0.1, 0.15) is 0 Å². The predicted molar refractivity (Wildman–Crippen MR) is 166 cm³/mol. The van der Waals surface area contributed by atoms with Crippen molar-refractivity contribution in [1.29, 1.82) is 0 Å². The molecule has 2 aliphatic carbocycles.